The van der Waals surface area contributed by atoms with Crippen molar-refractivity contribution in [1.29, 1.82) is 0 Å². The lowest BCUT2D eigenvalue weighted by atomic mass is 9.84. The molecule has 0 radical (unpaired) electrons. The van der Waals surface area contributed by atoms with Crippen LogP contribution in [0.5, 0.6) is 0 Å². The SMILES string of the molecule is O=C(C=CN1CCC(O)(C(O)CN2CCC(c3c[nH]c4ccccc34)CC2)CC1)c1cc(F)cc(F)c1. The fraction of sp³-hybridized carbons (Fsp3) is 0.414. The first kappa shape index (κ1) is 25.6. The first-order valence-corrected chi connectivity index (χ1v) is 12.9. The molecule has 1 aromatic heterocycles. The number of hydrogen-bond donors (Lipinski definition) is 3. The molecule has 0 bridgehead atoms. The van der Waals surface area contributed by atoms with Gasteiger partial charge in [-0.25, -0.2) is 8.78 Å². The summed E-state index contributed by atoms with van der Waals surface area (Å²) in [5, 5.41) is 23.3. The van der Waals surface area contributed by atoms with Crippen LogP contribution in [0.25, 0.3) is 10.9 Å². The Morgan fingerprint density at radius 1 is 1.08 bits per heavy atom. The number of allylic oxidation sites excluding steroid dienone is 1. The number of rotatable bonds is 7. The van der Waals surface area contributed by atoms with Gasteiger partial charge in [0.2, 0.25) is 0 Å². The van der Waals surface area contributed by atoms with Gasteiger partial charge in [-0.15, -0.1) is 0 Å². The highest BCUT2D eigenvalue weighted by Gasteiger charge is 2.39. The molecule has 0 aliphatic carbocycles. The number of fused-ring (bicyclic) bond motifs is 1. The van der Waals surface area contributed by atoms with Crippen molar-refractivity contribution in [2.75, 3.05) is 32.7 Å². The molecule has 6 nitrogen and oxygen atoms in total. The molecule has 3 aromatic rings. The molecule has 3 heterocycles. The van der Waals surface area contributed by atoms with E-state index in [2.05, 4.69) is 34.3 Å². The zero-order chi connectivity index (χ0) is 26.0. The summed E-state index contributed by atoms with van der Waals surface area (Å²) in [6.07, 6.45) is 6.89. The Morgan fingerprint density at radius 3 is 2.46 bits per heavy atom. The molecular weight excluding hydrogens is 476 g/mol. The van der Waals surface area contributed by atoms with Crippen LogP contribution in [0.4, 0.5) is 8.78 Å². The summed E-state index contributed by atoms with van der Waals surface area (Å²) in [4.78, 5) is 19.7. The Bertz CT molecular complexity index is 1250. The lowest BCUT2D eigenvalue weighted by Crippen LogP contribution is -2.54. The number of aromatic nitrogens is 1. The van der Waals surface area contributed by atoms with Crippen LogP contribution >= 0.6 is 0 Å². The number of β-amino-alcohol motifs (C(OH)–C–C–N with tert-alkyl or cyclic N) is 1. The van der Waals surface area contributed by atoms with Crippen LogP contribution < -0.4 is 0 Å². The summed E-state index contributed by atoms with van der Waals surface area (Å²) < 4.78 is 26.7. The van der Waals surface area contributed by atoms with Gasteiger partial charge in [-0.3, -0.25) is 4.79 Å². The van der Waals surface area contributed by atoms with Gasteiger partial charge in [0.05, 0.1) is 11.7 Å². The van der Waals surface area contributed by atoms with E-state index in [0.717, 1.165) is 49.6 Å². The predicted molar refractivity (Wildman–Crippen MR) is 138 cm³/mol. The molecule has 2 fully saturated rings. The standard InChI is InChI=1S/C29H33F2N3O3/c30-22-15-21(16-23(31)17-22)27(35)7-12-33-13-8-29(37,9-14-33)28(36)19-34-10-5-20(6-11-34)25-18-32-26-4-2-1-3-24(25)26/h1-4,7,12,15-18,20,28,32,36-37H,5-6,8-11,13-14,19H2. The molecule has 37 heavy (non-hydrogen) atoms. The topological polar surface area (TPSA) is 79.8 Å². The van der Waals surface area contributed by atoms with Crippen LogP contribution in [0.2, 0.25) is 0 Å². The van der Waals surface area contributed by atoms with Crippen LogP contribution in [0.3, 0.4) is 0 Å². The second-order valence-electron chi connectivity index (χ2n) is 10.4. The number of benzene rings is 2. The van der Waals surface area contributed by atoms with Crippen molar-refractivity contribution in [3.8, 4) is 0 Å². The molecule has 196 valence electrons. The van der Waals surface area contributed by atoms with Crippen molar-refractivity contribution in [1.82, 2.24) is 14.8 Å². The number of aromatic amines is 1. The molecule has 0 saturated carbocycles. The maximum atomic E-state index is 13.4. The molecule has 2 aliphatic rings. The predicted octanol–water partition coefficient (Wildman–Crippen LogP) is 4.21. The Labute approximate surface area is 215 Å². The molecule has 2 aromatic carbocycles. The molecule has 8 heteroatoms. The highest BCUT2D eigenvalue weighted by molar-refractivity contribution is 6.04. The number of carbonyl (C=O) groups excluding carboxylic acids is 1. The Balaban J connectivity index is 1.10. The van der Waals surface area contributed by atoms with Gasteiger partial charge in [0.25, 0.3) is 0 Å². The van der Waals surface area contributed by atoms with Crippen LogP contribution in [0.15, 0.2) is 60.9 Å². The van der Waals surface area contributed by atoms with Crippen LogP contribution in [-0.2, 0) is 0 Å². The average molecular weight is 510 g/mol. The van der Waals surface area contributed by atoms with Gasteiger partial charge in [0.1, 0.15) is 11.6 Å². The molecule has 1 atom stereocenters. The van der Waals surface area contributed by atoms with Gasteiger partial charge in [0, 0.05) is 60.6 Å². The van der Waals surface area contributed by atoms with E-state index in [1.165, 1.54) is 17.0 Å². The largest absolute Gasteiger partial charge is 0.389 e. The van der Waals surface area contributed by atoms with Crippen molar-refractivity contribution >= 4 is 16.7 Å². The maximum absolute atomic E-state index is 13.4. The van der Waals surface area contributed by atoms with E-state index in [1.807, 2.05) is 11.0 Å². The Kier molecular flexibility index (Phi) is 7.42. The highest BCUT2D eigenvalue weighted by Crippen LogP contribution is 2.34. The van der Waals surface area contributed by atoms with Gasteiger partial charge in [0.15, 0.2) is 5.78 Å². The summed E-state index contributed by atoms with van der Waals surface area (Å²) in [6, 6.07) is 11.1. The van der Waals surface area contributed by atoms with E-state index in [0.29, 0.717) is 38.4 Å². The average Bonchev–Trinajstić information content (AvgIpc) is 3.32. The molecule has 0 spiro atoms. The number of carbonyl (C=O) groups is 1. The van der Waals surface area contributed by atoms with Crippen LogP contribution in [-0.4, -0.2) is 75.2 Å². The number of nitrogens with one attached hydrogen (secondary N) is 1. The minimum Gasteiger partial charge on any atom is -0.389 e. The number of aliphatic hydroxyl groups is 2. The third-order valence-electron chi connectivity index (χ3n) is 7.95. The van der Waals surface area contributed by atoms with E-state index < -0.39 is 29.1 Å². The van der Waals surface area contributed by atoms with E-state index in [-0.39, 0.29) is 5.56 Å². The number of ketones is 1. The third-order valence-corrected chi connectivity index (χ3v) is 7.95. The number of para-hydroxylation sites is 1. The minimum atomic E-state index is -1.19. The normalized spacial score (nSPS) is 20.1. The van der Waals surface area contributed by atoms with Crippen molar-refractivity contribution in [2.24, 2.45) is 0 Å². The van der Waals surface area contributed by atoms with Gasteiger partial charge in [-0.1, -0.05) is 18.2 Å². The fourth-order valence-corrected chi connectivity index (χ4v) is 5.63. The van der Waals surface area contributed by atoms with E-state index in [9.17, 15) is 23.8 Å². The van der Waals surface area contributed by atoms with Crippen LogP contribution in [0.1, 0.15) is 47.5 Å². The number of halogens is 2. The smallest absolute Gasteiger partial charge is 0.187 e. The first-order valence-electron chi connectivity index (χ1n) is 12.9. The third kappa shape index (κ3) is 5.76. The molecule has 2 aliphatic heterocycles. The van der Waals surface area contributed by atoms with Crippen molar-refractivity contribution < 1.29 is 23.8 Å². The second kappa shape index (κ2) is 10.7. The number of H-pyrrole nitrogens is 1. The summed E-state index contributed by atoms with van der Waals surface area (Å²) in [5.74, 6) is -1.60. The summed E-state index contributed by atoms with van der Waals surface area (Å²) in [6.45, 7) is 3.11. The van der Waals surface area contributed by atoms with Crippen LogP contribution in [0, 0.1) is 11.6 Å². The molecule has 1 unspecified atom stereocenters. The zero-order valence-corrected chi connectivity index (χ0v) is 20.7. The minimum absolute atomic E-state index is 0.0499. The summed E-state index contributed by atoms with van der Waals surface area (Å²) in [7, 11) is 0. The highest BCUT2D eigenvalue weighted by atomic mass is 19.1. The Morgan fingerprint density at radius 2 is 1.76 bits per heavy atom. The van der Waals surface area contributed by atoms with Gasteiger partial charge >= 0.3 is 0 Å². The van der Waals surface area contributed by atoms with Crippen molar-refractivity contribution in [3.63, 3.8) is 0 Å². The lowest BCUT2D eigenvalue weighted by Gasteiger charge is -2.43. The lowest BCUT2D eigenvalue weighted by molar-refractivity contribution is -0.114. The number of piperidine rings is 2. The van der Waals surface area contributed by atoms with E-state index >= 15 is 0 Å². The first-order chi connectivity index (χ1) is 17.8. The van der Waals surface area contributed by atoms with E-state index in [4.69, 9.17) is 0 Å². The summed E-state index contributed by atoms with van der Waals surface area (Å²) in [5.41, 5.74) is 1.28. The summed E-state index contributed by atoms with van der Waals surface area (Å²) >= 11 is 0. The quantitative estimate of drug-likeness (QED) is 0.329. The number of hydrogen-bond acceptors (Lipinski definition) is 5. The fourth-order valence-electron chi connectivity index (χ4n) is 5.63. The number of aliphatic hydroxyl groups excluding tert-OH is 1. The van der Waals surface area contributed by atoms with Gasteiger partial charge in [-0.05, 0) is 68.5 Å². The molecule has 3 N–H and O–H groups in total. The molecule has 5 rings (SSSR count). The van der Waals surface area contributed by atoms with Gasteiger partial charge < -0.3 is 25.0 Å². The second-order valence-corrected chi connectivity index (χ2v) is 10.4. The molecule has 2 saturated heterocycles. The number of nitrogens with zero attached hydrogens (tertiary/aromatic N) is 2. The monoisotopic (exact) mass is 509 g/mol. The maximum Gasteiger partial charge on any atom is 0.187 e. The van der Waals surface area contributed by atoms with Crippen molar-refractivity contribution in [2.45, 2.75) is 43.3 Å². The molecular formula is C29H33F2N3O3. The van der Waals surface area contributed by atoms with E-state index in [1.54, 1.807) is 6.20 Å². The molecule has 0 amide bonds. The number of likely N-dealkylation sites (tertiary alicyclic amines) is 2. The van der Waals surface area contributed by atoms with Gasteiger partial charge in [-0.2, -0.15) is 0 Å². The zero-order valence-electron chi connectivity index (χ0n) is 20.7. The van der Waals surface area contributed by atoms with Crippen molar-refractivity contribution in [3.05, 3.63) is 83.7 Å². The Hall–Kier alpha value is -3.07.